The molecule has 0 fully saturated rings. The van der Waals surface area contributed by atoms with E-state index in [9.17, 15) is 9.59 Å². The van der Waals surface area contributed by atoms with Crippen LogP contribution in [0.2, 0.25) is 5.02 Å². The summed E-state index contributed by atoms with van der Waals surface area (Å²) in [5.74, 6) is -0.134. The van der Waals surface area contributed by atoms with Crippen LogP contribution in [-0.2, 0) is 11.2 Å². The summed E-state index contributed by atoms with van der Waals surface area (Å²) in [7, 11) is 0. The van der Waals surface area contributed by atoms with Gasteiger partial charge in [0, 0.05) is 30.1 Å². The van der Waals surface area contributed by atoms with E-state index >= 15 is 0 Å². The molecule has 0 heterocycles. The Kier molecular flexibility index (Phi) is 7.30. The Labute approximate surface area is 147 Å². The normalized spacial score (nSPS) is 10.2. The van der Waals surface area contributed by atoms with Crippen molar-refractivity contribution in [1.29, 1.82) is 0 Å². The first-order valence-corrected chi connectivity index (χ1v) is 8.37. The first-order chi connectivity index (χ1) is 11.6. The maximum Gasteiger partial charge on any atom is 0.251 e. The highest BCUT2D eigenvalue weighted by atomic mass is 35.5. The van der Waals surface area contributed by atoms with Gasteiger partial charge < -0.3 is 10.6 Å². The minimum absolute atomic E-state index is 0.00192. The zero-order valence-electron chi connectivity index (χ0n) is 13.4. The fourth-order valence-electron chi connectivity index (χ4n) is 2.26. The topological polar surface area (TPSA) is 58.2 Å². The molecule has 0 spiro atoms. The van der Waals surface area contributed by atoms with E-state index < -0.39 is 0 Å². The van der Waals surface area contributed by atoms with Crippen LogP contribution < -0.4 is 10.6 Å². The fraction of sp³-hybridized carbons (Fsp3) is 0.263. The molecule has 4 nitrogen and oxygen atoms in total. The molecule has 2 N–H and O–H groups in total. The molecule has 0 unspecified atom stereocenters. The van der Waals surface area contributed by atoms with Crippen molar-refractivity contribution < 1.29 is 9.59 Å². The molecule has 0 aromatic heterocycles. The van der Waals surface area contributed by atoms with Gasteiger partial charge in [-0.25, -0.2) is 0 Å². The summed E-state index contributed by atoms with van der Waals surface area (Å²) >= 11 is 5.83. The van der Waals surface area contributed by atoms with Crippen molar-refractivity contribution in [3.8, 4) is 0 Å². The van der Waals surface area contributed by atoms with E-state index in [2.05, 4.69) is 10.6 Å². The monoisotopic (exact) mass is 344 g/mol. The number of halogens is 1. The van der Waals surface area contributed by atoms with Crippen LogP contribution >= 0.6 is 11.6 Å². The summed E-state index contributed by atoms with van der Waals surface area (Å²) in [4.78, 5) is 23.6. The Hall–Kier alpha value is -2.33. The predicted octanol–water partition coefficient (Wildman–Crippen LogP) is 3.21. The molecule has 126 valence electrons. The minimum atomic E-state index is -0.132. The van der Waals surface area contributed by atoms with Gasteiger partial charge in [0.25, 0.3) is 5.91 Å². The second-order valence-corrected chi connectivity index (χ2v) is 5.89. The first-order valence-electron chi connectivity index (χ1n) is 7.99. The van der Waals surface area contributed by atoms with Crippen molar-refractivity contribution in [3.63, 3.8) is 0 Å². The third kappa shape index (κ3) is 6.42. The molecule has 24 heavy (non-hydrogen) atoms. The molecule has 0 aliphatic carbocycles. The summed E-state index contributed by atoms with van der Waals surface area (Å²) in [5.41, 5.74) is 1.79. The average Bonchev–Trinajstić information content (AvgIpc) is 2.61. The highest BCUT2D eigenvalue weighted by Crippen LogP contribution is 2.11. The number of carbonyl (C=O) groups is 2. The van der Waals surface area contributed by atoms with E-state index in [0.717, 1.165) is 12.8 Å². The standard InChI is InChI=1S/C19H21ClN2O2/c20-17-11-9-15(10-12-17)5-4-8-18(23)21-13-14-22-19(24)16-6-2-1-3-7-16/h1-3,6-7,9-12H,4-5,8,13-14H2,(H,21,23)(H,22,24). The third-order valence-corrected chi connectivity index (χ3v) is 3.80. The Morgan fingerprint density at radius 3 is 2.25 bits per heavy atom. The summed E-state index contributed by atoms with van der Waals surface area (Å²) in [6, 6.07) is 16.7. The number of benzene rings is 2. The molecule has 5 heteroatoms. The number of hydrogen-bond acceptors (Lipinski definition) is 2. The molecule has 0 atom stereocenters. The summed E-state index contributed by atoms with van der Waals surface area (Å²) in [6.45, 7) is 0.842. The third-order valence-electron chi connectivity index (χ3n) is 3.55. The molecule has 0 aliphatic heterocycles. The Morgan fingerprint density at radius 2 is 1.54 bits per heavy atom. The van der Waals surface area contributed by atoms with Crippen LogP contribution in [0, 0.1) is 0 Å². The van der Waals surface area contributed by atoms with Crippen LogP contribution in [0.15, 0.2) is 54.6 Å². The van der Waals surface area contributed by atoms with E-state index in [-0.39, 0.29) is 11.8 Å². The summed E-state index contributed by atoms with van der Waals surface area (Å²) < 4.78 is 0. The molecular formula is C19H21ClN2O2. The van der Waals surface area contributed by atoms with Crippen molar-refractivity contribution >= 4 is 23.4 Å². The highest BCUT2D eigenvalue weighted by Gasteiger charge is 2.04. The summed E-state index contributed by atoms with van der Waals surface area (Å²) in [5, 5.41) is 6.30. The van der Waals surface area contributed by atoms with Crippen molar-refractivity contribution in [2.24, 2.45) is 0 Å². The van der Waals surface area contributed by atoms with Gasteiger partial charge >= 0.3 is 0 Å². The van der Waals surface area contributed by atoms with E-state index in [1.54, 1.807) is 12.1 Å². The molecule has 0 bridgehead atoms. The Bertz CT molecular complexity index is 657. The van der Waals surface area contributed by atoms with Gasteiger partial charge in [-0.15, -0.1) is 0 Å². The number of amides is 2. The van der Waals surface area contributed by atoms with E-state index in [0.29, 0.717) is 30.1 Å². The molecule has 2 rings (SSSR count). The first kappa shape index (κ1) is 18.0. The Morgan fingerprint density at radius 1 is 0.875 bits per heavy atom. The SMILES string of the molecule is O=C(CCCc1ccc(Cl)cc1)NCCNC(=O)c1ccccc1. The highest BCUT2D eigenvalue weighted by molar-refractivity contribution is 6.30. The van der Waals surface area contributed by atoms with E-state index in [4.69, 9.17) is 11.6 Å². The van der Waals surface area contributed by atoms with Crippen LogP contribution in [-0.4, -0.2) is 24.9 Å². The lowest BCUT2D eigenvalue weighted by Gasteiger charge is -2.07. The molecule has 2 aromatic rings. The number of carbonyl (C=O) groups excluding carboxylic acids is 2. The van der Waals surface area contributed by atoms with Gasteiger partial charge in [0.05, 0.1) is 0 Å². The van der Waals surface area contributed by atoms with Crippen LogP contribution in [0.1, 0.15) is 28.8 Å². The number of hydrogen-bond donors (Lipinski definition) is 2. The second-order valence-electron chi connectivity index (χ2n) is 5.45. The molecule has 0 aliphatic rings. The van der Waals surface area contributed by atoms with Gasteiger partial charge in [-0.2, -0.15) is 0 Å². The predicted molar refractivity (Wildman–Crippen MR) is 96.2 cm³/mol. The number of nitrogens with one attached hydrogen (secondary N) is 2. The molecular weight excluding hydrogens is 324 g/mol. The molecule has 0 saturated carbocycles. The average molecular weight is 345 g/mol. The van der Waals surface area contributed by atoms with Gasteiger partial charge in [-0.05, 0) is 42.7 Å². The zero-order chi connectivity index (χ0) is 17.2. The van der Waals surface area contributed by atoms with Crippen molar-refractivity contribution in [3.05, 3.63) is 70.7 Å². The smallest absolute Gasteiger partial charge is 0.251 e. The molecule has 2 aromatic carbocycles. The van der Waals surface area contributed by atoms with E-state index in [1.807, 2.05) is 42.5 Å². The lowest BCUT2D eigenvalue weighted by atomic mass is 10.1. The Balaban J connectivity index is 1.56. The largest absolute Gasteiger partial charge is 0.354 e. The van der Waals surface area contributed by atoms with Crippen molar-refractivity contribution in [2.75, 3.05) is 13.1 Å². The number of rotatable bonds is 8. The van der Waals surface area contributed by atoms with Gasteiger partial charge in [0.1, 0.15) is 0 Å². The lowest BCUT2D eigenvalue weighted by molar-refractivity contribution is -0.121. The van der Waals surface area contributed by atoms with Crippen LogP contribution in [0.4, 0.5) is 0 Å². The van der Waals surface area contributed by atoms with Gasteiger partial charge in [-0.3, -0.25) is 9.59 Å². The molecule has 2 amide bonds. The van der Waals surface area contributed by atoms with Gasteiger partial charge in [-0.1, -0.05) is 41.9 Å². The van der Waals surface area contributed by atoms with Crippen LogP contribution in [0.3, 0.4) is 0 Å². The van der Waals surface area contributed by atoms with Crippen LogP contribution in [0.5, 0.6) is 0 Å². The van der Waals surface area contributed by atoms with E-state index in [1.165, 1.54) is 5.56 Å². The fourth-order valence-corrected chi connectivity index (χ4v) is 2.39. The maximum absolute atomic E-state index is 11.8. The quantitative estimate of drug-likeness (QED) is 0.722. The van der Waals surface area contributed by atoms with Gasteiger partial charge in [0.2, 0.25) is 5.91 Å². The maximum atomic E-state index is 11.8. The lowest BCUT2D eigenvalue weighted by Crippen LogP contribution is -2.34. The van der Waals surface area contributed by atoms with Gasteiger partial charge in [0.15, 0.2) is 0 Å². The molecule has 0 radical (unpaired) electrons. The van der Waals surface area contributed by atoms with Crippen LogP contribution in [0.25, 0.3) is 0 Å². The number of aryl methyl sites for hydroxylation is 1. The zero-order valence-corrected chi connectivity index (χ0v) is 14.2. The second kappa shape index (κ2) is 9.73. The minimum Gasteiger partial charge on any atom is -0.354 e. The molecule has 0 saturated heterocycles. The summed E-state index contributed by atoms with van der Waals surface area (Å²) in [6.07, 6.45) is 2.09. The van der Waals surface area contributed by atoms with Crippen molar-refractivity contribution in [1.82, 2.24) is 10.6 Å². The van der Waals surface area contributed by atoms with Crippen molar-refractivity contribution in [2.45, 2.75) is 19.3 Å².